The number of hydrogen-bond donors (Lipinski definition) is 1. The summed E-state index contributed by atoms with van der Waals surface area (Å²) in [6.07, 6.45) is 2.32. The standard InChI is InChI=1S/C14H31NO2/c1-6-8-15-13(4)14(12(2)3)7-9-17-11-10-16-5/h12-15H,6-11H2,1-5H3. The molecular weight excluding hydrogens is 214 g/mol. The topological polar surface area (TPSA) is 30.5 Å². The maximum atomic E-state index is 5.56. The van der Waals surface area contributed by atoms with E-state index < -0.39 is 0 Å². The predicted molar refractivity (Wildman–Crippen MR) is 73.4 cm³/mol. The normalized spacial score (nSPS) is 15.2. The molecule has 0 aromatic heterocycles. The van der Waals surface area contributed by atoms with Gasteiger partial charge in [-0.25, -0.2) is 0 Å². The van der Waals surface area contributed by atoms with Crippen LogP contribution in [0.25, 0.3) is 0 Å². The Labute approximate surface area is 107 Å². The van der Waals surface area contributed by atoms with Crippen molar-refractivity contribution in [3.63, 3.8) is 0 Å². The molecule has 104 valence electrons. The molecule has 0 aliphatic carbocycles. The average molecular weight is 245 g/mol. The van der Waals surface area contributed by atoms with Crippen LogP contribution in [0.5, 0.6) is 0 Å². The van der Waals surface area contributed by atoms with Gasteiger partial charge in [0.2, 0.25) is 0 Å². The lowest BCUT2D eigenvalue weighted by atomic mass is 9.86. The van der Waals surface area contributed by atoms with E-state index in [1.165, 1.54) is 6.42 Å². The van der Waals surface area contributed by atoms with Gasteiger partial charge in [0.1, 0.15) is 0 Å². The lowest BCUT2D eigenvalue weighted by Crippen LogP contribution is -2.37. The number of methoxy groups -OCH3 is 1. The summed E-state index contributed by atoms with van der Waals surface area (Å²) in [7, 11) is 1.71. The highest BCUT2D eigenvalue weighted by atomic mass is 16.5. The molecule has 0 aromatic carbocycles. The Morgan fingerprint density at radius 2 is 1.76 bits per heavy atom. The maximum absolute atomic E-state index is 5.56. The van der Waals surface area contributed by atoms with E-state index in [1.807, 2.05) is 0 Å². The van der Waals surface area contributed by atoms with E-state index in [-0.39, 0.29) is 0 Å². The highest BCUT2D eigenvalue weighted by molar-refractivity contribution is 4.74. The molecule has 3 nitrogen and oxygen atoms in total. The Kier molecular flexibility index (Phi) is 10.9. The fourth-order valence-electron chi connectivity index (χ4n) is 2.15. The number of rotatable bonds is 11. The summed E-state index contributed by atoms with van der Waals surface area (Å²) in [6, 6.07) is 0.570. The first kappa shape index (κ1) is 16.9. The Morgan fingerprint density at radius 3 is 2.29 bits per heavy atom. The Morgan fingerprint density at radius 1 is 1.06 bits per heavy atom. The zero-order valence-electron chi connectivity index (χ0n) is 12.3. The van der Waals surface area contributed by atoms with Crippen LogP contribution in [0, 0.1) is 11.8 Å². The summed E-state index contributed by atoms with van der Waals surface area (Å²) in [5.41, 5.74) is 0. The molecule has 17 heavy (non-hydrogen) atoms. The number of ether oxygens (including phenoxy) is 2. The molecule has 3 heteroatoms. The molecule has 0 aliphatic rings. The number of hydrogen-bond acceptors (Lipinski definition) is 3. The zero-order chi connectivity index (χ0) is 13.1. The van der Waals surface area contributed by atoms with Gasteiger partial charge in [-0.15, -0.1) is 0 Å². The molecule has 0 aliphatic heterocycles. The van der Waals surface area contributed by atoms with Crippen LogP contribution in [0.3, 0.4) is 0 Å². The van der Waals surface area contributed by atoms with Gasteiger partial charge >= 0.3 is 0 Å². The van der Waals surface area contributed by atoms with Crippen molar-refractivity contribution < 1.29 is 9.47 Å². The smallest absolute Gasteiger partial charge is 0.0700 e. The van der Waals surface area contributed by atoms with E-state index in [9.17, 15) is 0 Å². The van der Waals surface area contributed by atoms with Gasteiger partial charge in [0.15, 0.2) is 0 Å². The molecular formula is C14H31NO2. The fourth-order valence-corrected chi connectivity index (χ4v) is 2.15. The molecule has 0 aromatic rings. The van der Waals surface area contributed by atoms with Crippen LogP contribution in [-0.2, 0) is 9.47 Å². The largest absolute Gasteiger partial charge is 0.382 e. The second kappa shape index (κ2) is 11.0. The molecule has 0 spiro atoms. The van der Waals surface area contributed by atoms with Gasteiger partial charge in [-0.2, -0.15) is 0 Å². The Hall–Kier alpha value is -0.120. The minimum Gasteiger partial charge on any atom is -0.382 e. The molecule has 2 unspecified atom stereocenters. The maximum Gasteiger partial charge on any atom is 0.0700 e. The van der Waals surface area contributed by atoms with Crippen LogP contribution < -0.4 is 5.32 Å². The van der Waals surface area contributed by atoms with Crippen molar-refractivity contribution in [2.75, 3.05) is 33.5 Å². The minimum atomic E-state index is 0.570. The van der Waals surface area contributed by atoms with Gasteiger partial charge in [0.05, 0.1) is 13.2 Å². The van der Waals surface area contributed by atoms with Crippen molar-refractivity contribution in [3.05, 3.63) is 0 Å². The molecule has 0 amide bonds. The highest BCUT2D eigenvalue weighted by Crippen LogP contribution is 2.19. The van der Waals surface area contributed by atoms with Crippen molar-refractivity contribution in [3.8, 4) is 0 Å². The molecule has 0 heterocycles. The third-order valence-corrected chi connectivity index (χ3v) is 3.24. The van der Waals surface area contributed by atoms with Crippen molar-refractivity contribution in [2.45, 2.75) is 46.6 Å². The summed E-state index contributed by atoms with van der Waals surface area (Å²) in [5, 5.41) is 3.59. The van der Waals surface area contributed by atoms with Gasteiger partial charge in [-0.05, 0) is 38.1 Å². The lowest BCUT2D eigenvalue weighted by Gasteiger charge is -2.28. The predicted octanol–water partition coefficient (Wildman–Crippen LogP) is 2.70. The van der Waals surface area contributed by atoms with Crippen LogP contribution in [0.2, 0.25) is 0 Å². The van der Waals surface area contributed by atoms with Gasteiger partial charge in [0, 0.05) is 19.8 Å². The number of nitrogens with one attached hydrogen (secondary N) is 1. The van der Waals surface area contributed by atoms with Crippen molar-refractivity contribution in [2.24, 2.45) is 11.8 Å². The Bertz CT molecular complexity index is 162. The van der Waals surface area contributed by atoms with E-state index in [0.29, 0.717) is 31.1 Å². The molecule has 0 bridgehead atoms. The van der Waals surface area contributed by atoms with E-state index in [4.69, 9.17) is 9.47 Å². The molecule has 1 N–H and O–H groups in total. The lowest BCUT2D eigenvalue weighted by molar-refractivity contribution is 0.0575. The summed E-state index contributed by atoms with van der Waals surface area (Å²) in [6.45, 7) is 12.4. The van der Waals surface area contributed by atoms with Crippen molar-refractivity contribution in [1.29, 1.82) is 0 Å². The SMILES string of the molecule is CCCNC(C)C(CCOCCOC)C(C)C. The van der Waals surface area contributed by atoms with E-state index in [1.54, 1.807) is 7.11 Å². The van der Waals surface area contributed by atoms with Crippen molar-refractivity contribution in [1.82, 2.24) is 5.32 Å². The summed E-state index contributed by atoms with van der Waals surface area (Å²) in [5.74, 6) is 1.38. The summed E-state index contributed by atoms with van der Waals surface area (Å²) < 4.78 is 10.5. The van der Waals surface area contributed by atoms with E-state index >= 15 is 0 Å². The third-order valence-electron chi connectivity index (χ3n) is 3.24. The quantitative estimate of drug-likeness (QED) is 0.568. The van der Waals surface area contributed by atoms with Crippen LogP contribution >= 0.6 is 0 Å². The highest BCUT2D eigenvalue weighted by Gasteiger charge is 2.19. The van der Waals surface area contributed by atoms with Crippen LogP contribution in [0.4, 0.5) is 0 Å². The van der Waals surface area contributed by atoms with Gasteiger partial charge in [-0.3, -0.25) is 0 Å². The average Bonchev–Trinajstić information content (AvgIpc) is 2.30. The molecule has 2 atom stereocenters. The van der Waals surface area contributed by atoms with Crippen LogP contribution in [-0.4, -0.2) is 39.5 Å². The molecule has 0 rings (SSSR count). The van der Waals surface area contributed by atoms with Crippen LogP contribution in [0.15, 0.2) is 0 Å². The first-order chi connectivity index (χ1) is 8.13. The second-order valence-corrected chi connectivity index (χ2v) is 5.04. The van der Waals surface area contributed by atoms with E-state index in [0.717, 1.165) is 19.6 Å². The monoisotopic (exact) mass is 245 g/mol. The summed E-state index contributed by atoms with van der Waals surface area (Å²) in [4.78, 5) is 0. The first-order valence-electron chi connectivity index (χ1n) is 6.93. The first-order valence-corrected chi connectivity index (χ1v) is 6.93. The van der Waals surface area contributed by atoms with Crippen molar-refractivity contribution >= 4 is 0 Å². The van der Waals surface area contributed by atoms with Crippen LogP contribution in [0.1, 0.15) is 40.5 Å². The molecule has 0 radical (unpaired) electrons. The fraction of sp³-hybridized carbons (Fsp3) is 1.00. The molecule has 0 fully saturated rings. The van der Waals surface area contributed by atoms with Gasteiger partial charge < -0.3 is 14.8 Å². The van der Waals surface area contributed by atoms with E-state index in [2.05, 4.69) is 33.0 Å². The second-order valence-electron chi connectivity index (χ2n) is 5.04. The minimum absolute atomic E-state index is 0.570. The third kappa shape index (κ3) is 8.58. The Balaban J connectivity index is 3.81. The van der Waals surface area contributed by atoms with Gasteiger partial charge in [-0.1, -0.05) is 20.8 Å². The molecule has 0 saturated carbocycles. The molecule has 0 saturated heterocycles. The zero-order valence-corrected chi connectivity index (χ0v) is 12.3. The van der Waals surface area contributed by atoms with Gasteiger partial charge in [0.25, 0.3) is 0 Å². The summed E-state index contributed by atoms with van der Waals surface area (Å²) >= 11 is 0.